The molecule has 2 aliphatic heterocycles. The molecule has 1 aromatic rings. The van der Waals surface area contributed by atoms with Gasteiger partial charge in [-0.05, 0) is 31.4 Å². The van der Waals surface area contributed by atoms with Gasteiger partial charge in [0.2, 0.25) is 0 Å². The fourth-order valence-corrected chi connectivity index (χ4v) is 2.60. The third-order valence-electron chi connectivity index (χ3n) is 3.46. The summed E-state index contributed by atoms with van der Waals surface area (Å²) in [6, 6.07) is 8.77. The van der Waals surface area contributed by atoms with E-state index in [-0.39, 0.29) is 18.0 Å². The van der Waals surface area contributed by atoms with Gasteiger partial charge in [-0.3, -0.25) is 4.79 Å². The number of anilines is 1. The Labute approximate surface area is 99.8 Å². The monoisotopic (exact) mass is 230 g/mol. The van der Waals surface area contributed by atoms with Gasteiger partial charge in [-0.1, -0.05) is 18.2 Å². The number of rotatable bonds is 1. The van der Waals surface area contributed by atoms with Crippen molar-refractivity contribution in [3.8, 4) is 0 Å². The summed E-state index contributed by atoms with van der Waals surface area (Å²) in [7, 11) is 0. The predicted molar refractivity (Wildman–Crippen MR) is 63.7 cm³/mol. The van der Waals surface area contributed by atoms with Crippen molar-refractivity contribution in [2.75, 3.05) is 11.4 Å². The summed E-state index contributed by atoms with van der Waals surface area (Å²) < 4.78 is 0. The van der Waals surface area contributed by atoms with Crippen LogP contribution in [0.1, 0.15) is 19.3 Å². The van der Waals surface area contributed by atoms with E-state index in [2.05, 4.69) is 0 Å². The molecule has 3 amide bonds. The van der Waals surface area contributed by atoms with Gasteiger partial charge < -0.3 is 4.90 Å². The van der Waals surface area contributed by atoms with Gasteiger partial charge in [0.1, 0.15) is 6.04 Å². The first-order valence-corrected chi connectivity index (χ1v) is 5.98. The highest BCUT2D eigenvalue weighted by molar-refractivity contribution is 6.21. The van der Waals surface area contributed by atoms with Crippen LogP contribution in [-0.2, 0) is 4.79 Å². The molecule has 1 atom stereocenters. The van der Waals surface area contributed by atoms with E-state index >= 15 is 0 Å². The molecule has 88 valence electrons. The minimum atomic E-state index is -0.226. The molecule has 0 aromatic heterocycles. The summed E-state index contributed by atoms with van der Waals surface area (Å²) in [5, 5.41) is 0. The van der Waals surface area contributed by atoms with Crippen molar-refractivity contribution in [3.63, 3.8) is 0 Å². The van der Waals surface area contributed by atoms with Crippen LogP contribution < -0.4 is 4.90 Å². The molecule has 0 N–H and O–H groups in total. The zero-order valence-corrected chi connectivity index (χ0v) is 9.50. The normalized spacial score (nSPS) is 24.1. The lowest BCUT2D eigenvalue weighted by Crippen LogP contribution is -2.39. The summed E-state index contributed by atoms with van der Waals surface area (Å²) in [6.07, 6.45) is 2.83. The minimum Gasteiger partial charge on any atom is -0.312 e. The summed E-state index contributed by atoms with van der Waals surface area (Å²) in [6.45, 7) is 0.707. The van der Waals surface area contributed by atoms with Crippen molar-refractivity contribution in [3.05, 3.63) is 30.3 Å². The Kier molecular flexibility index (Phi) is 2.35. The van der Waals surface area contributed by atoms with E-state index in [4.69, 9.17) is 0 Å². The first-order valence-electron chi connectivity index (χ1n) is 5.98. The molecular formula is C13H14N2O2. The fourth-order valence-electron chi connectivity index (χ4n) is 2.60. The molecule has 2 heterocycles. The second-order valence-electron chi connectivity index (χ2n) is 4.50. The van der Waals surface area contributed by atoms with Crippen molar-refractivity contribution in [2.24, 2.45) is 0 Å². The van der Waals surface area contributed by atoms with Gasteiger partial charge in [0.25, 0.3) is 5.91 Å². The zero-order valence-electron chi connectivity index (χ0n) is 9.50. The molecule has 2 fully saturated rings. The number of piperidine rings is 1. The Balaban J connectivity index is 1.96. The summed E-state index contributed by atoms with van der Waals surface area (Å²) in [5.74, 6) is -0.0686. The lowest BCUT2D eigenvalue weighted by atomic mass is 10.0. The van der Waals surface area contributed by atoms with E-state index < -0.39 is 0 Å². The van der Waals surface area contributed by atoms with Gasteiger partial charge >= 0.3 is 6.03 Å². The highest BCUT2D eigenvalue weighted by Crippen LogP contribution is 2.30. The molecule has 1 aromatic carbocycles. The molecule has 0 unspecified atom stereocenters. The van der Waals surface area contributed by atoms with Gasteiger partial charge in [-0.25, -0.2) is 9.69 Å². The maximum atomic E-state index is 12.2. The summed E-state index contributed by atoms with van der Waals surface area (Å²) in [5.41, 5.74) is 0.678. The first-order chi connectivity index (χ1) is 8.29. The maximum Gasteiger partial charge on any atom is 0.332 e. The SMILES string of the molecule is O=C1[C@@H]2CCCCN2C(=O)N1c1ccccc1. The Morgan fingerprint density at radius 2 is 1.82 bits per heavy atom. The smallest absolute Gasteiger partial charge is 0.312 e. The number of urea groups is 1. The number of benzene rings is 1. The standard InChI is InChI=1S/C13H14N2O2/c16-12-11-8-4-5-9-14(11)13(17)15(12)10-6-2-1-3-7-10/h1-3,6-7,11H,4-5,8-9H2/t11-/m0/s1. The van der Waals surface area contributed by atoms with Crippen molar-refractivity contribution in [1.82, 2.24) is 4.90 Å². The van der Waals surface area contributed by atoms with Gasteiger partial charge in [0, 0.05) is 6.54 Å². The number of amides is 3. The van der Waals surface area contributed by atoms with Crippen molar-refractivity contribution in [1.29, 1.82) is 0 Å². The predicted octanol–water partition coefficient (Wildman–Crippen LogP) is 2.01. The number of carbonyl (C=O) groups is 2. The van der Waals surface area contributed by atoms with Crippen molar-refractivity contribution >= 4 is 17.6 Å². The maximum absolute atomic E-state index is 12.2. The molecule has 2 aliphatic rings. The van der Waals surface area contributed by atoms with Crippen LogP contribution in [0.25, 0.3) is 0 Å². The Bertz CT molecular complexity index is 434. The van der Waals surface area contributed by atoms with Gasteiger partial charge in [-0.15, -0.1) is 0 Å². The Morgan fingerprint density at radius 3 is 2.53 bits per heavy atom. The van der Waals surface area contributed by atoms with Gasteiger partial charge in [0.05, 0.1) is 5.69 Å². The molecule has 0 saturated carbocycles. The number of imide groups is 1. The third-order valence-corrected chi connectivity index (χ3v) is 3.46. The van der Waals surface area contributed by atoms with Crippen LogP contribution in [0.15, 0.2) is 30.3 Å². The van der Waals surface area contributed by atoms with E-state index in [1.54, 1.807) is 17.0 Å². The average molecular weight is 230 g/mol. The number of fused-ring (bicyclic) bond motifs is 1. The lowest BCUT2D eigenvalue weighted by molar-refractivity contribution is -0.120. The molecular weight excluding hydrogens is 216 g/mol. The largest absolute Gasteiger partial charge is 0.332 e. The lowest BCUT2D eigenvalue weighted by Gasteiger charge is -2.25. The quantitative estimate of drug-likeness (QED) is 0.692. The number of hydrogen-bond donors (Lipinski definition) is 0. The number of para-hydroxylation sites is 1. The number of hydrogen-bond acceptors (Lipinski definition) is 2. The Morgan fingerprint density at radius 1 is 1.06 bits per heavy atom. The van der Waals surface area contributed by atoms with E-state index in [1.807, 2.05) is 18.2 Å². The van der Waals surface area contributed by atoms with Crippen LogP contribution in [0.5, 0.6) is 0 Å². The van der Waals surface area contributed by atoms with Crippen LogP contribution >= 0.6 is 0 Å². The van der Waals surface area contributed by atoms with Gasteiger partial charge in [-0.2, -0.15) is 0 Å². The molecule has 0 bridgehead atoms. The molecule has 17 heavy (non-hydrogen) atoms. The minimum absolute atomic E-state index is 0.0686. The van der Waals surface area contributed by atoms with Crippen molar-refractivity contribution in [2.45, 2.75) is 25.3 Å². The van der Waals surface area contributed by atoms with E-state index in [1.165, 1.54) is 4.90 Å². The fraction of sp³-hybridized carbons (Fsp3) is 0.385. The zero-order chi connectivity index (χ0) is 11.8. The van der Waals surface area contributed by atoms with Crippen LogP contribution in [0.3, 0.4) is 0 Å². The van der Waals surface area contributed by atoms with Crippen LogP contribution in [0, 0.1) is 0 Å². The number of nitrogens with zero attached hydrogens (tertiary/aromatic N) is 2. The second kappa shape index (κ2) is 3.87. The van der Waals surface area contributed by atoms with Crippen LogP contribution in [0.4, 0.5) is 10.5 Å². The number of carbonyl (C=O) groups excluding carboxylic acids is 2. The highest BCUT2D eigenvalue weighted by Gasteiger charge is 2.46. The van der Waals surface area contributed by atoms with E-state index in [9.17, 15) is 9.59 Å². The summed E-state index contributed by atoms with van der Waals surface area (Å²) in [4.78, 5) is 27.4. The third kappa shape index (κ3) is 1.52. The van der Waals surface area contributed by atoms with Crippen LogP contribution in [0.2, 0.25) is 0 Å². The van der Waals surface area contributed by atoms with E-state index in [0.717, 1.165) is 19.3 Å². The van der Waals surface area contributed by atoms with Crippen molar-refractivity contribution < 1.29 is 9.59 Å². The molecule has 0 spiro atoms. The Hall–Kier alpha value is -1.84. The highest BCUT2D eigenvalue weighted by atomic mass is 16.2. The molecule has 3 rings (SSSR count). The molecule has 0 radical (unpaired) electrons. The second-order valence-corrected chi connectivity index (χ2v) is 4.50. The topological polar surface area (TPSA) is 40.6 Å². The molecule has 4 nitrogen and oxygen atoms in total. The average Bonchev–Trinajstić information content (AvgIpc) is 2.64. The summed E-state index contributed by atoms with van der Waals surface area (Å²) >= 11 is 0. The van der Waals surface area contributed by atoms with Gasteiger partial charge in [0.15, 0.2) is 0 Å². The molecule has 0 aliphatic carbocycles. The van der Waals surface area contributed by atoms with E-state index in [0.29, 0.717) is 12.2 Å². The molecule has 2 saturated heterocycles. The molecule has 4 heteroatoms. The van der Waals surface area contributed by atoms with Crippen LogP contribution in [-0.4, -0.2) is 29.4 Å². The first kappa shape index (κ1) is 10.3.